The lowest BCUT2D eigenvalue weighted by Gasteiger charge is -2.28. The Morgan fingerprint density at radius 1 is 1.40 bits per heavy atom. The maximum Gasteiger partial charge on any atom is 0.270 e. The van der Waals surface area contributed by atoms with Crippen LogP contribution >= 0.6 is 0 Å². The fourth-order valence-electron chi connectivity index (χ4n) is 4.39. The van der Waals surface area contributed by atoms with E-state index in [4.69, 9.17) is 0 Å². The highest BCUT2D eigenvalue weighted by molar-refractivity contribution is 6.01. The Morgan fingerprint density at radius 3 is 2.64 bits per heavy atom. The number of nitrogens with one attached hydrogen (secondary N) is 2. The SMILES string of the molecule is Cc1ccc(NC(=O)C2(C(F)F)C=CN(C)N2)c2c1C(C)(C)CC2C. The van der Waals surface area contributed by atoms with Gasteiger partial charge < -0.3 is 10.3 Å². The van der Waals surface area contributed by atoms with E-state index in [1.807, 2.05) is 12.1 Å². The first-order valence-electron chi connectivity index (χ1n) is 8.52. The maximum absolute atomic E-state index is 13.7. The van der Waals surface area contributed by atoms with Gasteiger partial charge in [-0.15, -0.1) is 0 Å². The second-order valence-corrected chi connectivity index (χ2v) is 7.87. The molecule has 1 aromatic carbocycles. The molecule has 1 aliphatic carbocycles. The quantitative estimate of drug-likeness (QED) is 0.875. The summed E-state index contributed by atoms with van der Waals surface area (Å²) in [5.41, 5.74) is 4.61. The number of benzene rings is 1. The molecule has 0 radical (unpaired) electrons. The number of hydrogen-bond donors (Lipinski definition) is 2. The second-order valence-electron chi connectivity index (χ2n) is 7.87. The second kappa shape index (κ2) is 5.80. The smallest absolute Gasteiger partial charge is 0.270 e. The number of carbonyl (C=O) groups is 1. The fourth-order valence-corrected chi connectivity index (χ4v) is 4.39. The minimum atomic E-state index is -2.86. The lowest BCUT2D eigenvalue weighted by Crippen LogP contribution is -2.58. The van der Waals surface area contributed by atoms with E-state index in [-0.39, 0.29) is 11.3 Å². The van der Waals surface area contributed by atoms with Crippen LogP contribution in [0.5, 0.6) is 0 Å². The zero-order valence-electron chi connectivity index (χ0n) is 15.3. The van der Waals surface area contributed by atoms with Crippen LogP contribution in [0.2, 0.25) is 0 Å². The summed E-state index contributed by atoms with van der Waals surface area (Å²) in [6, 6.07) is 3.78. The first kappa shape index (κ1) is 17.9. The van der Waals surface area contributed by atoms with E-state index in [9.17, 15) is 13.6 Å². The number of anilines is 1. The van der Waals surface area contributed by atoms with Gasteiger partial charge in [0.15, 0.2) is 5.54 Å². The highest BCUT2D eigenvalue weighted by Crippen LogP contribution is 2.50. The van der Waals surface area contributed by atoms with Crippen LogP contribution in [0.3, 0.4) is 0 Å². The minimum Gasteiger partial charge on any atom is -0.324 e. The van der Waals surface area contributed by atoms with E-state index in [1.54, 1.807) is 7.05 Å². The van der Waals surface area contributed by atoms with Gasteiger partial charge in [0, 0.05) is 18.9 Å². The molecular weight excluding hydrogens is 324 g/mol. The van der Waals surface area contributed by atoms with E-state index < -0.39 is 17.9 Å². The molecule has 3 rings (SSSR count). The van der Waals surface area contributed by atoms with Crippen LogP contribution in [0.25, 0.3) is 0 Å². The predicted octanol–water partition coefficient (Wildman–Crippen LogP) is 3.69. The van der Waals surface area contributed by atoms with Crippen molar-refractivity contribution in [3.63, 3.8) is 0 Å². The van der Waals surface area contributed by atoms with E-state index in [0.29, 0.717) is 5.69 Å². The standard InChI is InChI=1S/C19H25F2N3O/c1-11-6-7-13(14-12(2)10-18(3,4)15(11)14)22-17(25)19(16(20)21)8-9-24(5)23-19/h6-9,12,16,23H,10H2,1-5H3,(H,22,25). The number of nitrogens with zero attached hydrogens (tertiary/aromatic N) is 1. The highest BCUT2D eigenvalue weighted by atomic mass is 19.3. The molecule has 136 valence electrons. The number of hydrogen-bond acceptors (Lipinski definition) is 3. The van der Waals surface area contributed by atoms with Crippen molar-refractivity contribution < 1.29 is 13.6 Å². The molecule has 2 unspecified atom stereocenters. The molecule has 0 saturated carbocycles. The summed E-state index contributed by atoms with van der Waals surface area (Å²) in [5.74, 6) is -0.483. The Hall–Kier alpha value is -1.95. The Bertz CT molecular complexity index is 744. The third kappa shape index (κ3) is 2.72. The molecule has 25 heavy (non-hydrogen) atoms. The maximum atomic E-state index is 13.7. The van der Waals surface area contributed by atoms with Crippen LogP contribution in [0.4, 0.5) is 14.5 Å². The molecular formula is C19H25F2N3O. The number of aryl methyl sites for hydroxylation is 1. The van der Waals surface area contributed by atoms with Crippen molar-refractivity contribution in [2.75, 3.05) is 12.4 Å². The lowest BCUT2D eigenvalue weighted by molar-refractivity contribution is -0.127. The van der Waals surface area contributed by atoms with Crippen LogP contribution in [-0.4, -0.2) is 29.9 Å². The molecule has 1 amide bonds. The summed E-state index contributed by atoms with van der Waals surface area (Å²) in [6.45, 7) is 8.55. The molecule has 0 fully saturated rings. The molecule has 0 bridgehead atoms. The zero-order chi connectivity index (χ0) is 18.6. The molecule has 1 heterocycles. The lowest BCUT2D eigenvalue weighted by atomic mass is 9.83. The van der Waals surface area contributed by atoms with Gasteiger partial charge >= 0.3 is 0 Å². The van der Waals surface area contributed by atoms with E-state index >= 15 is 0 Å². The van der Waals surface area contributed by atoms with Crippen LogP contribution in [0.1, 0.15) is 49.8 Å². The van der Waals surface area contributed by atoms with Crippen LogP contribution < -0.4 is 10.7 Å². The summed E-state index contributed by atoms with van der Waals surface area (Å²) in [5, 5.41) is 4.14. The number of alkyl halides is 2. The van der Waals surface area contributed by atoms with Crippen molar-refractivity contribution in [1.82, 2.24) is 10.4 Å². The normalized spacial score (nSPS) is 27.0. The van der Waals surface area contributed by atoms with Gasteiger partial charge in [-0.05, 0) is 53.5 Å². The van der Waals surface area contributed by atoms with Crippen LogP contribution in [0.15, 0.2) is 24.4 Å². The first-order chi connectivity index (χ1) is 11.6. The Balaban J connectivity index is 1.99. The number of hydrazine groups is 1. The van der Waals surface area contributed by atoms with Gasteiger partial charge in [-0.25, -0.2) is 14.2 Å². The van der Waals surface area contributed by atoms with E-state index in [2.05, 4.69) is 38.4 Å². The molecule has 0 aromatic heterocycles. The number of rotatable bonds is 3. The average molecular weight is 349 g/mol. The Labute approximate surface area is 147 Å². The van der Waals surface area contributed by atoms with Gasteiger partial charge in [-0.3, -0.25) is 4.79 Å². The van der Waals surface area contributed by atoms with Crippen LogP contribution in [0, 0.1) is 6.92 Å². The van der Waals surface area contributed by atoms with E-state index in [0.717, 1.165) is 12.0 Å². The molecule has 6 heteroatoms. The number of amides is 1. The van der Waals surface area contributed by atoms with Crippen molar-refractivity contribution >= 4 is 11.6 Å². The summed E-state index contributed by atoms with van der Waals surface area (Å²) in [4.78, 5) is 12.7. The first-order valence-corrected chi connectivity index (χ1v) is 8.52. The Kier molecular flexibility index (Phi) is 4.14. The average Bonchev–Trinajstić information content (AvgIpc) is 3.01. The molecule has 0 saturated heterocycles. The number of fused-ring (bicyclic) bond motifs is 1. The number of carbonyl (C=O) groups excluding carboxylic acids is 1. The third-order valence-electron chi connectivity index (χ3n) is 5.33. The van der Waals surface area contributed by atoms with Gasteiger partial charge in [-0.1, -0.05) is 26.8 Å². The van der Waals surface area contributed by atoms with Gasteiger partial charge in [-0.2, -0.15) is 0 Å². The van der Waals surface area contributed by atoms with Gasteiger partial charge in [0.05, 0.1) is 0 Å². The molecule has 0 spiro atoms. The van der Waals surface area contributed by atoms with Gasteiger partial charge in [0.2, 0.25) is 0 Å². The van der Waals surface area contributed by atoms with Crippen LogP contribution in [-0.2, 0) is 10.2 Å². The summed E-state index contributed by atoms with van der Waals surface area (Å²) in [6.07, 6.45) is 0.768. The Morgan fingerprint density at radius 2 is 2.08 bits per heavy atom. The third-order valence-corrected chi connectivity index (χ3v) is 5.33. The van der Waals surface area contributed by atoms with Crippen molar-refractivity contribution in [2.45, 2.75) is 57.4 Å². The molecule has 2 aliphatic rings. The number of halogens is 2. The zero-order valence-corrected chi connectivity index (χ0v) is 15.3. The molecule has 1 aliphatic heterocycles. The summed E-state index contributed by atoms with van der Waals surface area (Å²) in [7, 11) is 1.59. The van der Waals surface area contributed by atoms with Crippen molar-refractivity contribution in [3.8, 4) is 0 Å². The van der Waals surface area contributed by atoms with Gasteiger partial charge in [0.1, 0.15) is 0 Å². The van der Waals surface area contributed by atoms with Crippen molar-refractivity contribution in [1.29, 1.82) is 0 Å². The van der Waals surface area contributed by atoms with Crippen molar-refractivity contribution in [3.05, 3.63) is 41.1 Å². The van der Waals surface area contributed by atoms with E-state index in [1.165, 1.54) is 28.4 Å². The topological polar surface area (TPSA) is 44.4 Å². The predicted molar refractivity (Wildman–Crippen MR) is 94.6 cm³/mol. The molecule has 1 aromatic rings. The monoisotopic (exact) mass is 349 g/mol. The molecule has 2 N–H and O–H groups in total. The largest absolute Gasteiger partial charge is 0.324 e. The van der Waals surface area contributed by atoms with Gasteiger partial charge in [0.25, 0.3) is 12.3 Å². The highest BCUT2D eigenvalue weighted by Gasteiger charge is 2.49. The van der Waals surface area contributed by atoms with Crippen molar-refractivity contribution in [2.24, 2.45) is 0 Å². The molecule has 2 atom stereocenters. The fraction of sp³-hybridized carbons (Fsp3) is 0.526. The minimum absolute atomic E-state index is 0.00566. The summed E-state index contributed by atoms with van der Waals surface area (Å²) < 4.78 is 27.3. The molecule has 4 nitrogen and oxygen atoms in total. The summed E-state index contributed by atoms with van der Waals surface area (Å²) >= 11 is 0.